The van der Waals surface area contributed by atoms with Crippen LogP contribution in [0.1, 0.15) is 41.7 Å². The summed E-state index contributed by atoms with van der Waals surface area (Å²) in [6, 6.07) is 14.5. The molecular formula is C26H26FN3O2. The van der Waals surface area contributed by atoms with Crippen molar-refractivity contribution in [1.29, 1.82) is 0 Å². The lowest BCUT2D eigenvalue weighted by Crippen LogP contribution is -2.55. The quantitative estimate of drug-likeness (QED) is 0.486. The standard InChI is InChI=1S/C26H26FN3O2/c1-3-12-28-18-13-22(16-8-10-17(27)11-9-16)30-23(14-18)25-20(15-24(30)26(31)32-2)19-6-4-5-7-21(19)29-25/h1,4-11,18,22-24,28-29H,12-15H2,2H3/t18-,22+,23-,24+/m1/s1. The molecule has 0 radical (unpaired) electrons. The van der Waals surface area contributed by atoms with Gasteiger partial charge in [0, 0.05) is 35.1 Å². The molecule has 1 aromatic heterocycles. The second-order valence-corrected chi connectivity index (χ2v) is 8.59. The molecule has 3 heterocycles. The Morgan fingerprint density at radius 2 is 1.97 bits per heavy atom. The van der Waals surface area contributed by atoms with Crippen molar-refractivity contribution in [2.75, 3.05) is 13.7 Å². The third-order valence-electron chi connectivity index (χ3n) is 6.89. The van der Waals surface area contributed by atoms with E-state index in [1.54, 1.807) is 0 Å². The first-order valence-corrected chi connectivity index (χ1v) is 11.0. The first-order chi connectivity index (χ1) is 15.6. The van der Waals surface area contributed by atoms with Gasteiger partial charge < -0.3 is 15.0 Å². The molecule has 0 bridgehead atoms. The number of hydrogen-bond donors (Lipinski definition) is 2. The maximum Gasteiger partial charge on any atom is 0.323 e. The van der Waals surface area contributed by atoms with Crippen LogP contribution in [0.4, 0.5) is 4.39 Å². The summed E-state index contributed by atoms with van der Waals surface area (Å²) in [5.74, 6) is 2.15. The Labute approximate surface area is 186 Å². The smallest absolute Gasteiger partial charge is 0.323 e. The van der Waals surface area contributed by atoms with Gasteiger partial charge in [0.05, 0.1) is 19.7 Å². The summed E-state index contributed by atoms with van der Waals surface area (Å²) in [4.78, 5) is 18.9. The van der Waals surface area contributed by atoms with E-state index >= 15 is 0 Å². The van der Waals surface area contributed by atoms with Crippen LogP contribution in [0.5, 0.6) is 0 Å². The number of piperidine rings is 1. The summed E-state index contributed by atoms with van der Waals surface area (Å²) in [6.45, 7) is 0.480. The molecule has 2 aromatic carbocycles. The molecule has 4 atom stereocenters. The number of benzene rings is 2. The number of fused-ring (bicyclic) bond motifs is 5. The van der Waals surface area contributed by atoms with Crippen molar-refractivity contribution in [2.45, 2.75) is 43.4 Å². The zero-order chi connectivity index (χ0) is 22.2. The molecule has 0 spiro atoms. The molecule has 3 aromatic rings. The Morgan fingerprint density at radius 3 is 2.72 bits per heavy atom. The number of esters is 1. The number of nitrogens with zero attached hydrogens (tertiary/aromatic N) is 1. The minimum atomic E-state index is -0.416. The SMILES string of the molecule is C#CCN[C@H]1C[C@@H]2c3[nH]c4ccccc4c3C[C@@H](C(=O)OC)N2[C@H](c2ccc(F)cc2)C1. The van der Waals surface area contributed by atoms with Gasteiger partial charge in [-0.15, -0.1) is 6.42 Å². The summed E-state index contributed by atoms with van der Waals surface area (Å²) in [5.41, 5.74) is 4.37. The van der Waals surface area contributed by atoms with Crippen molar-refractivity contribution in [3.8, 4) is 12.3 Å². The van der Waals surface area contributed by atoms with Crippen molar-refractivity contribution in [1.82, 2.24) is 15.2 Å². The van der Waals surface area contributed by atoms with E-state index < -0.39 is 6.04 Å². The predicted octanol–water partition coefficient (Wildman–Crippen LogP) is 3.87. The number of nitrogens with one attached hydrogen (secondary N) is 2. The number of carbonyl (C=O) groups excluding carboxylic acids is 1. The molecule has 32 heavy (non-hydrogen) atoms. The third-order valence-corrected chi connectivity index (χ3v) is 6.89. The molecule has 6 heteroatoms. The third kappa shape index (κ3) is 3.48. The average Bonchev–Trinajstić information content (AvgIpc) is 3.20. The summed E-state index contributed by atoms with van der Waals surface area (Å²) in [7, 11) is 1.44. The zero-order valence-electron chi connectivity index (χ0n) is 18.0. The highest BCUT2D eigenvalue weighted by Crippen LogP contribution is 2.48. The molecule has 0 unspecified atom stereocenters. The number of hydrogen-bond acceptors (Lipinski definition) is 4. The fourth-order valence-electron chi connectivity index (χ4n) is 5.53. The number of aromatic nitrogens is 1. The molecule has 1 fully saturated rings. The topological polar surface area (TPSA) is 57.4 Å². The number of H-pyrrole nitrogens is 1. The van der Waals surface area contributed by atoms with Gasteiger partial charge >= 0.3 is 5.97 Å². The summed E-state index contributed by atoms with van der Waals surface area (Å²) < 4.78 is 18.9. The molecule has 5 nitrogen and oxygen atoms in total. The van der Waals surface area contributed by atoms with Gasteiger partial charge in [0.2, 0.25) is 0 Å². The van der Waals surface area contributed by atoms with Gasteiger partial charge in [-0.3, -0.25) is 9.69 Å². The van der Waals surface area contributed by atoms with Crippen LogP contribution in [0.2, 0.25) is 0 Å². The Bertz CT molecular complexity index is 1180. The predicted molar refractivity (Wildman–Crippen MR) is 121 cm³/mol. The van der Waals surface area contributed by atoms with E-state index in [1.807, 2.05) is 24.3 Å². The zero-order valence-corrected chi connectivity index (χ0v) is 18.0. The molecule has 2 aliphatic heterocycles. The minimum absolute atomic E-state index is 0.0191. The van der Waals surface area contributed by atoms with Crippen LogP contribution in [-0.2, 0) is 16.0 Å². The van der Waals surface area contributed by atoms with Crippen LogP contribution >= 0.6 is 0 Å². The first-order valence-electron chi connectivity index (χ1n) is 11.0. The van der Waals surface area contributed by atoms with Crippen LogP contribution in [0.25, 0.3) is 10.9 Å². The van der Waals surface area contributed by atoms with Crippen LogP contribution in [0, 0.1) is 18.2 Å². The number of terminal acetylenes is 1. The Morgan fingerprint density at radius 1 is 1.22 bits per heavy atom. The van der Waals surface area contributed by atoms with Crippen LogP contribution in [-0.4, -0.2) is 41.6 Å². The van der Waals surface area contributed by atoms with Crippen LogP contribution in [0.15, 0.2) is 48.5 Å². The van der Waals surface area contributed by atoms with E-state index in [9.17, 15) is 9.18 Å². The maximum absolute atomic E-state index is 13.7. The second-order valence-electron chi connectivity index (χ2n) is 8.59. The highest BCUT2D eigenvalue weighted by molar-refractivity contribution is 5.87. The van der Waals surface area contributed by atoms with Crippen molar-refractivity contribution in [3.63, 3.8) is 0 Å². The van der Waals surface area contributed by atoms with Gasteiger partial charge in [-0.05, 0) is 42.2 Å². The molecule has 5 rings (SSSR count). The summed E-state index contributed by atoms with van der Waals surface area (Å²) >= 11 is 0. The summed E-state index contributed by atoms with van der Waals surface area (Å²) in [5, 5.41) is 4.62. The maximum atomic E-state index is 13.7. The molecule has 0 aliphatic carbocycles. The van der Waals surface area contributed by atoms with Crippen molar-refractivity contribution < 1.29 is 13.9 Å². The largest absolute Gasteiger partial charge is 0.468 e. The molecule has 0 amide bonds. The lowest BCUT2D eigenvalue weighted by Gasteiger charge is -2.50. The van der Waals surface area contributed by atoms with Crippen LogP contribution < -0.4 is 5.32 Å². The van der Waals surface area contributed by atoms with Gasteiger partial charge in [0.15, 0.2) is 0 Å². The highest BCUT2D eigenvalue weighted by Gasteiger charge is 2.48. The van der Waals surface area contributed by atoms with Gasteiger partial charge in [-0.2, -0.15) is 0 Å². The summed E-state index contributed by atoms with van der Waals surface area (Å²) in [6.07, 6.45) is 7.67. The fourth-order valence-corrected chi connectivity index (χ4v) is 5.53. The van der Waals surface area contributed by atoms with E-state index in [2.05, 4.69) is 33.3 Å². The van der Waals surface area contributed by atoms with Crippen molar-refractivity contribution >= 4 is 16.9 Å². The van der Waals surface area contributed by atoms with E-state index in [1.165, 1.54) is 24.8 Å². The number of ether oxygens (including phenoxy) is 1. The lowest BCUT2D eigenvalue weighted by molar-refractivity contribution is -0.152. The molecule has 1 saturated heterocycles. The fraction of sp³-hybridized carbons (Fsp3) is 0.346. The molecule has 2 N–H and O–H groups in total. The van der Waals surface area contributed by atoms with Crippen molar-refractivity contribution in [2.24, 2.45) is 0 Å². The number of aromatic amines is 1. The normalized spacial score (nSPS) is 25.0. The number of carbonyl (C=O) groups is 1. The van der Waals surface area contributed by atoms with E-state index in [-0.39, 0.29) is 29.9 Å². The molecule has 2 aliphatic rings. The molecule has 164 valence electrons. The number of para-hydroxylation sites is 1. The number of methoxy groups -OCH3 is 1. The van der Waals surface area contributed by atoms with E-state index in [0.717, 1.165) is 35.0 Å². The second kappa shape index (κ2) is 8.42. The van der Waals surface area contributed by atoms with Gasteiger partial charge in [-0.1, -0.05) is 36.3 Å². The van der Waals surface area contributed by atoms with Crippen molar-refractivity contribution in [3.05, 3.63) is 71.2 Å². The average molecular weight is 432 g/mol. The first kappa shape index (κ1) is 20.7. The van der Waals surface area contributed by atoms with E-state index in [0.29, 0.717) is 13.0 Å². The molecular weight excluding hydrogens is 405 g/mol. The number of rotatable bonds is 4. The lowest BCUT2D eigenvalue weighted by atomic mass is 9.79. The van der Waals surface area contributed by atoms with Gasteiger partial charge in [0.1, 0.15) is 11.9 Å². The van der Waals surface area contributed by atoms with E-state index in [4.69, 9.17) is 11.2 Å². The Hall–Kier alpha value is -3.14. The van der Waals surface area contributed by atoms with Crippen LogP contribution in [0.3, 0.4) is 0 Å². The number of halogens is 1. The minimum Gasteiger partial charge on any atom is -0.468 e. The van der Waals surface area contributed by atoms with Gasteiger partial charge in [-0.25, -0.2) is 4.39 Å². The van der Waals surface area contributed by atoms with Gasteiger partial charge in [0.25, 0.3) is 0 Å². The Kier molecular flexibility index (Phi) is 5.46. The molecule has 0 saturated carbocycles. The Balaban J connectivity index is 1.65. The highest BCUT2D eigenvalue weighted by atomic mass is 19.1. The monoisotopic (exact) mass is 431 g/mol.